The van der Waals surface area contributed by atoms with E-state index in [1.54, 1.807) is 0 Å². The van der Waals surface area contributed by atoms with Crippen molar-refractivity contribution in [1.82, 2.24) is 10.0 Å². The van der Waals surface area contributed by atoms with E-state index in [0.29, 0.717) is 6.61 Å². The topological polar surface area (TPSA) is 32.3 Å². The number of amides is 1. The van der Waals surface area contributed by atoms with Crippen LogP contribution >= 0.6 is 0 Å². The van der Waals surface area contributed by atoms with Crippen molar-refractivity contribution in [2.24, 2.45) is 0 Å². The van der Waals surface area contributed by atoms with E-state index in [2.05, 4.69) is 17.1 Å². The molecular formula is C16H22N2O2. The molecule has 2 aliphatic rings. The molecule has 1 aromatic rings. The Bertz CT molecular complexity index is 469. The van der Waals surface area contributed by atoms with Gasteiger partial charge in [-0.1, -0.05) is 36.8 Å². The van der Waals surface area contributed by atoms with Crippen molar-refractivity contribution >= 4 is 6.09 Å². The summed E-state index contributed by atoms with van der Waals surface area (Å²) in [5.74, 6) is 0. The first-order valence-corrected chi connectivity index (χ1v) is 7.56. The van der Waals surface area contributed by atoms with Gasteiger partial charge in [0.1, 0.15) is 5.66 Å². The molecule has 1 saturated heterocycles. The van der Waals surface area contributed by atoms with Crippen molar-refractivity contribution in [3.8, 4) is 0 Å². The lowest BCUT2D eigenvalue weighted by molar-refractivity contribution is 0.115. The van der Waals surface area contributed by atoms with Gasteiger partial charge in [-0.3, -0.25) is 0 Å². The Morgan fingerprint density at radius 1 is 1.20 bits per heavy atom. The molecule has 0 N–H and O–H groups in total. The minimum absolute atomic E-state index is 0.0691. The molecule has 1 amide bonds. The van der Waals surface area contributed by atoms with Crippen LogP contribution in [0.25, 0.3) is 0 Å². The first kappa shape index (κ1) is 13.4. The number of nitrogens with zero attached hydrogens (tertiary/aromatic N) is 2. The Kier molecular flexibility index (Phi) is 3.66. The fourth-order valence-corrected chi connectivity index (χ4v) is 3.35. The lowest BCUT2D eigenvalue weighted by atomic mass is 9.92. The summed E-state index contributed by atoms with van der Waals surface area (Å²) in [5.41, 5.74) is 1.17. The second kappa shape index (κ2) is 5.44. The van der Waals surface area contributed by atoms with E-state index < -0.39 is 0 Å². The van der Waals surface area contributed by atoms with E-state index >= 15 is 0 Å². The normalized spacial score (nSPS) is 23.6. The van der Waals surface area contributed by atoms with Gasteiger partial charge in [0.25, 0.3) is 0 Å². The maximum absolute atomic E-state index is 12.1. The van der Waals surface area contributed by atoms with Crippen LogP contribution in [0.2, 0.25) is 0 Å². The van der Waals surface area contributed by atoms with Crippen LogP contribution < -0.4 is 0 Å². The molecule has 1 aromatic carbocycles. The Morgan fingerprint density at radius 2 is 1.90 bits per heavy atom. The molecule has 108 valence electrons. The van der Waals surface area contributed by atoms with Crippen LogP contribution in [0.1, 0.15) is 44.6 Å². The number of benzene rings is 1. The average molecular weight is 274 g/mol. The van der Waals surface area contributed by atoms with Crippen molar-refractivity contribution in [2.75, 3.05) is 6.61 Å². The Balaban J connectivity index is 1.75. The fraction of sp³-hybridized carbons (Fsp3) is 0.562. The van der Waals surface area contributed by atoms with Gasteiger partial charge in [-0.15, -0.1) is 0 Å². The largest absolute Gasteiger partial charge is 0.449 e. The molecule has 1 aliphatic carbocycles. The third-order valence-electron chi connectivity index (χ3n) is 4.35. The Labute approximate surface area is 120 Å². The highest BCUT2D eigenvalue weighted by Crippen LogP contribution is 2.51. The van der Waals surface area contributed by atoms with Gasteiger partial charge in [0, 0.05) is 6.54 Å². The van der Waals surface area contributed by atoms with Gasteiger partial charge < -0.3 is 4.74 Å². The molecule has 20 heavy (non-hydrogen) atoms. The van der Waals surface area contributed by atoms with Crippen LogP contribution in [0.3, 0.4) is 0 Å². The first-order valence-electron chi connectivity index (χ1n) is 7.56. The third-order valence-corrected chi connectivity index (χ3v) is 4.35. The summed E-state index contributed by atoms with van der Waals surface area (Å²) in [7, 11) is 0. The lowest BCUT2D eigenvalue weighted by Gasteiger charge is -2.19. The molecule has 1 unspecified atom stereocenters. The predicted octanol–water partition coefficient (Wildman–Crippen LogP) is 3.54. The molecule has 2 fully saturated rings. The highest BCUT2D eigenvalue weighted by molar-refractivity contribution is 5.71. The molecule has 4 heteroatoms. The molecule has 0 radical (unpaired) electrons. The summed E-state index contributed by atoms with van der Waals surface area (Å²) in [6.45, 7) is 3.08. The highest BCUT2D eigenvalue weighted by atomic mass is 16.6. The molecule has 3 rings (SSSR count). The molecule has 1 aliphatic heterocycles. The number of hydrazine groups is 1. The SMILES string of the molecule is CCOC(=O)N1N(Cc2ccccc2)C12CCCCC2. The van der Waals surface area contributed by atoms with E-state index in [1.165, 1.54) is 24.8 Å². The van der Waals surface area contributed by atoms with Gasteiger partial charge >= 0.3 is 6.09 Å². The van der Waals surface area contributed by atoms with Crippen molar-refractivity contribution in [2.45, 2.75) is 51.2 Å². The zero-order chi connectivity index (χ0) is 14.0. The summed E-state index contributed by atoms with van der Waals surface area (Å²) >= 11 is 0. The van der Waals surface area contributed by atoms with Crippen LogP contribution in [0.15, 0.2) is 30.3 Å². The van der Waals surface area contributed by atoms with E-state index in [4.69, 9.17) is 4.74 Å². The molecule has 1 spiro atoms. The highest BCUT2D eigenvalue weighted by Gasteiger charge is 2.64. The van der Waals surface area contributed by atoms with Gasteiger partial charge in [-0.25, -0.2) is 9.80 Å². The van der Waals surface area contributed by atoms with Crippen molar-refractivity contribution < 1.29 is 9.53 Å². The van der Waals surface area contributed by atoms with Crippen LogP contribution in [-0.4, -0.2) is 28.4 Å². The number of hydrogen-bond acceptors (Lipinski definition) is 3. The second-order valence-electron chi connectivity index (χ2n) is 5.60. The monoisotopic (exact) mass is 274 g/mol. The first-order chi connectivity index (χ1) is 9.78. The number of hydrogen-bond donors (Lipinski definition) is 0. The fourth-order valence-electron chi connectivity index (χ4n) is 3.35. The van der Waals surface area contributed by atoms with Gasteiger partial charge in [0.15, 0.2) is 0 Å². The van der Waals surface area contributed by atoms with Gasteiger partial charge in [-0.05, 0) is 38.2 Å². The number of carbonyl (C=O) groups is 1. The van der Waals surface area contributed by atoms with Crippen LogP contribution in [0, 0.1) is 0 Å². The summed E-state index contributed by atoms with van der Waals surface area (Å²) in [6.07, 6.45) is 5.61. The van der Waals surface area contributed by atoms with Crippen LogP contribution in [-0.2, 0) is 11.3 Å². The summed E-state index contributed by atoms with van der Waals surface area (Å²) in [4.78, 5) is 12.1. The lowest BCUT2D eigenvalue weighted by Crippen LogP contribution is -2.26. The number of rotatable bonds is 3. The maximum atomic E-state index is 12.1. The van der Waals surface area contributed by atoms with E-state index in [9.17, 15) is 4.79 Å². The molecule has 1 heterocycles. The summed E-state index contributed by atoms with van der Waals surface area (Å²) < 4.78 is 5.21. The predicted molar refractivity (Wildman–Crippen MR) is 76.7 cm³/mol. The van der Waals surface area contributed by atoms with Crippen LogP contribution in [0.5, 0.6) is 0 Å². The Morgan fingerprint density at radius 3 is 2.55 bits per heavy atom. The molecule has 0 bridgehead atoms. The van der Waals surface area contributed by atoms with E-state index in [0.717, 1.165) is 19.4 Å². The summed E-state index contributed by atoms with van der Waals surface area (Å²) in [5, 5.41) is 4.04. The second-order valence-corrected chi connectivity index (χ2v) is 5.60. The minimum Gasteiger partial charge on any atom is -0.449 e. The molecule has 1 saturated carbocycles. The molecular weight excluding hydrogens is 252 g/mol. The third kappa shape index (κ3) is 2.29. The van der Waals surface area contributed by atoms with Crippen molar-refractivity contribution in [1.29, 1.82) is 0 Å². The maximum Gasteiger partial charge on any atom is 0.426 e. The van der Waals surface area contributed by atoms with Gasteiger partial charge in [-0.2, -0.15) is 5.01 Å². The number of ether oxygens (including phenoxy) is 1. The van der Waals surface area contributed by atoms with Crippen molar-refractivity contribution in [3.63, 3.8) is 0 Å². The molecule has 0 aromatic heterocycles. The molecule has 4 nitrogen and oxygen atoms in total. The quantitative estimate of drug-likeness (QED) is 0.790. The minimum atomic E-state index is -0.190. The van der Waals surface area contributed by atoms with Crippen molar-refractivity contribution in [3.05, 3.63) is 35.9 Å². The zero-order valence-corrected chi connectivity index (χ0v) is 12.0. The van der Waals surface area contributed by atoms with Gasteiger partial charge in [0.2, 0.25) is 0 Å². The number of carbonyl (C=O) groups excluding carboxylic acids is 1. The van der Waals surface area contributed by atoms with Crippen LogP contribution in [0.4, 0.5) is 4.79 Å². The standard InChI is InChI=1S/C16H22N2O2/c1-2-20-15(19)18-16(11-7-4-8-12-16)17(18)13-14-9-5-3-6-10-14/h3,5-6,9-10H,2,4,7-8,11-13H2,1H3. The molecule has 1 atom stereocenters. The average Bonchev–Trinajstić information content (AvgIpc) is 3.06. The van der Waals surface area contributed by atoms with Gasteiger partial charge in [0.05, 0.1) is 6.61 Å². The van der Waals surface area contributed by atoms with E-state index in [-0.39, 0.29) is 11.8 Å². The van der Waals surface area contributed by atoms with E-state index in [1.807, 2.05) is 30.1 Å². The Hall–Kier alpha value is -1.55. The smallest absolute Gasteiger partial charge is 0.426 e. The zero-order valence-electron chi connectivity index (χ0n) is 12.0. The summed E-state index contributed by atoms with van der Waals surface area (Å²) in [6, 6.07) is 10.3.